The van der Waals surface area contributed by atoms with Gasteiger partial charge in [-0.2, -0.15) is 0 Å². The highest BCUT2D eigenvalue weighted by Crippen LogP contribution is 2.26. The summed E-state index contributed by atoms with van der Waals surface area (Å²) < 4.78 is 38.3. The maximum atomic E-state index is 13.4. The minimum atomic E-state index is -2.89. The molecule has 0 N–H and O–H groups in total. The van der Waals surface area contributed by atoms with Crippen molar-refractivity contribution in [2.75, 3.05) is 0 Å². The number of alkyl halides is 2. The Hall–Kier alpha value is -1.32. The second-order valence-electron chi connectivity index (χ2n) is 3.26. The van der Waals surface area contributed by atoms with Gasteiger partial charge in [-0.15, -0.1) is 0 Å². The lowest BCUT2D eigenvalue weighted by Crippen LogP contribution is -2.04. The normalized spacial score (nSPS) is 10.8. The van der Waals surface area contributed by atoms with Crippen LogP contribution in [0.2, 0.25) is 0 Å². The van der Waals surface area contributed by atoms with E-state index in [4.69, 9.17) is 0 Å². The number of benzene rings is 1. The van der Waals surface area contributed by atoms with E-state index in [2.05, 4.69) is 0 Å². The Morgan fingerprint density at radius 1 is 1.40 bits per heavy atom. The van der Waals surface area contributed by atoms with Crippen LogP contribution in [0.15, 0.2) is 12.1 Å². The number of halogens is 3. The molecular weight excluding hydrogens is 205 g/mol. The first-order chi connectivity index (χ1) is 6.97. The Labute approximate surface area is 85.9 Å². The van der Waals surface area contributed by atoms with Gasteiger partial charge < -0.3 is 0 Å². The van der Waals surface area contributed by atoms with Crippen LogP contribution in [-0.4, -0.2) is 5.78 Å². The van der Waals surface area contributed by atoms with E-state index in [1.165, 1.54) is 6.07 Å². The van der Waals surface area contributed by atoms with Gasteiger partial charge in [0.05, 0.1) is 11.1 Å². The number of carbonyl (C=O) groups excluding carboxylic acids is 1. The van der Waals surface area contributed by atoms with Crippen molar-refractivity contribution in [2.24, 2.45) is 0 Å². The number of ketones is 1. The largest absolute Gasteiger partial charge is 0.294 e. The molecule has 0 amide bonds. The quantitative estimate of drug-likeness (QED) is 0.706. The van der Waals surface area contributed by atoms with Crippen LogP contribution in [0.25, 0.3) is 0 Å². The average molecular weight is 216 g/mol. The molecule has 0 bridgehead atoms. The molecule has 0 atom stereocenters. The predicted molar refractivity (Wildman–Crippen MR) is 50.7 cm³/mol. The number of Topliss-reactive ketones (excluding diaryl/α,β-unsaturated/α-hetero) is 1. The molecule has 1 nitrogen and oxygen atoms in total. The SMILES string of the molecule is CCc1cc(C(C)=O)c(F)c(C(F)F)c1. The number of hydrogen-bond donors (Lipinski definition) is 0. The summed E-state index contributed by atoms with van der Waals surface area (Å²) in [5.74, 6) is -1.64. The molecule has 82 valence electrons. The standard InChI is InChI=1S/C11H11F3O/c1-3-7-4-8(6(2)15)10(12)9(5-7)11(13)14/h4-5,11H,3H2,1-2H3. The molecule has 0 aliphatic carbocycles. The third kappa shape index (κ3) is 2.37. The maximum absolute atomic E-state index is 13.4. The van der Waals surface area contributed by atoms with E-state index in [0.29, 0.717) is 12.0 Å². The van der Waals surface area contributed by atoms with Gasteiger partial charge >= 0.3 is 0 Å². The van der Waals surface area contributed by atoms with E-state index in [9.17, 15) is 18.0 Å². The van der Waals surface area contributed by atoms with Gasteiger partial charge in [0.15, 0.2) is 5.78 Å². The van der Waals surface area contributed by atoms with Crippen LogP contribution >= 0.6 is 0 Å². The molecule has 15 heavy (non-hydrogen) atoms. The van der Waals surface area contributed by atoms with Crippen molar-refractivity contribution in [3.63, 3.8) is 0 Å². The Morgan fingerprint density at radius 3 is 2.40 bits per heavy atom. The molecule has 0 spiro atoms. The summed E-state index contributed by atoms with van der Waals surface area (Å²) in [6.07, 6.45) is -2.41. The Bertz CT molecular complexity index is 386. The summed E-state index contributed by atoms with van der Waals surface area (Å²) in [6, 6.07) is 2.43. The summed E-state index contributed by atoms with van der Waals surface area (Å²) in [7, 11) is 0. The van der Waals surface area contributed by atoms with Crippen LogP contribution in [0.4, 0.5) is 13.2 Å². The van der Waals surface area contributed by atoms with Crippen LogP contribution in [0.3, 0.4) is 0 Å². The lowest BCUT2D eigenvalue weighted by molar-refractivity contribution is 0.101. The highest BCUT2D eigenvalue weighted by atomic mass is 19.3. The molecule has 1 rings (SSSR count). The fourth-order valence-corrected chi connectivity index (χ4v) is 1.33. The zero-order valence-electron chi connectivity index (χ0n) is 8.48. The molecular formula is C11H11F3O. The smallest absolute Gasteiger partial charge is 0.266 e. The van der Waals surface area contributed by atoms with Gasteiger partial charge in [-0.3, -0.25) is 4.79 Å². The highest BCUT2D eigenvalue weighted by molar-refractivity contribution is 5.94. The van der Waals surface area contributed by atoms with Gasteiger partial charge in [-0.1, -0.05) is 6.92 Å². The highest BCUT2D eigenvalue weighted by Gasteiger charge is 2.19. The van der Waals surface area contributed by atoms with Gasteiger partial charge in [-0.25, -0.2) is 13.2 Å². The van der Waals surface area contributed by atoms with Crippen LogP contribution in [0.5, 0.6) is 0 Å². The third-order valence-corrected chi connectivity index (χ3v) is 2.18. The molecule has 0 aromatic heterocycles. The van der Waals surface area contributed by atoms with E-state index in [-0.39, 0.29) is 5.56 Å². The molecule has 0 aliphatic heterocycles. The van der Waals surface area contributed by atoms with Crippen molar-refractivity contribution in [3.8, 4) is 0 Å². The number of carbonyl (C=O) groups is 1. The number of hydrogen-bond acceptors (Lipinski definition) is 1. The van der Waals surface area contributed by atoms with Crippen LogP contribution < -0.4 is 0 Å². The van der Waals surface area contributed by atoms with Gasteiger partial charge in [0.25, 0.3) is 6.43 Å². The van der Waals surface area contributed by atoms with Crippen LogP contribution in [-0.2, 0) is 6.42 Å². The second kappa shape index (κ2) is 4.47. The summed E-state index contributed by atoms with van der Waals surface area (Å²) in [4.78, 5) is 11.0. The Kier molecular flexibility index (Phi) is 3.50. The maximum Gasteiger partial charge on any atom is 0.266 e. The van der Waals surface area contributed by atoms with Crippen molar-refractivity contribution in [1.82, 2.24) is 0 Å². The van der Waals surface area contributed by atoms with Crippen molar-refractivity contribution in [3.05, 3.63) is 34.6 Å². The fourth-order valence-electron chi connectivity index (χ4n) is 1.33. The second-order valence-corrected chi connectivity index (χ2v) is 3.26. The Balaban J connectivity index is 3.40. The fraction of sp³-hybridized carbons (Fsp3) is 0.364. The average Bonchev–Trinajstić information content (AvgIpc) is 2.17. The van der Waals surface area contributed by atoms with Gasteiger partial charge in [-0.05, 0) is 31.0 Å². The molecule has 1 aromatic rings. The van der Waals surface area contributed by atoms with Crippen molar-refractivity contribution in [1.29, 1.82) is 0 Å². The van der Waals surface area contributed by atoms with Crippen molar-refractivity contribution < 1.29 is 18.0 Å². The number of aryl methyl sites for hydroxylation is 1. The Morgan fingerprint density at radius 2 is 2.00 bits per heavy atom. The lowest BCUT2D eigenvalue weighted by Gasteiger charge is -2.08. The summed E-state index contributed by atoms with van der Waals surface area (Å²) in [6.45, 7) is 2.92. The summed E-state index contributed by atoms with van der Waals surface area (Å²) in [5, 5.41) is 0. The molecule has 4 heteroatoms. The van der Waals surface area contributed by atoms with Crippen molar-refractivity contribution in [2.45, 2.75) is 26.7 Å². The van der Waals surface area contributed by atoms with E-state index >= 15 is 0 Å². The van der Waals surface area contributed by atoms with Gasteiger partial charge in [0.1, 0.15) is 5.82 Å². The van der Waals surface area contributed by atoms with Gasteiger partial charge in [0.2, 0.25) is 0 Å². The first kappa shape index (κ1) is 11.8. The van der Waals surface area contributed by atoms with E-state index in [1.54, 1.807) is 6.92 Å². The zero-order valence-corrected chi connectivity index (χ0v) is 8.48. The molecule has 0 heterocycles. The van der Waals surface area contributed by atoms with Gasteiger partial charge in [0, 0.05) is 0 Å². The minimum Gasteiger partial charge on any atom is -0.294 e. The molecule has 0 aliphatic rings. The topological polar surface area (TPSA) is 17.1 Å². The van der Waals surface area contributed by atoms with E-state index in [1.807, 2.05) is 0 Å². The van der Waals surface area contributed by atoms with Crippen molar-refractivity contribution >= 4 is 5.78 Å². The third-order valence-electron chi connectivity index (χ3n) is 2.18. The lowest BCUT2D eigenvalue weighted by atomic mass is 10.0. The molecule has 0 unspecified atom stereocenters. The molecule has 0 radical (unpaired) electrons. The molecule has 0 fully saturated rings. The molecule has 0 saturated heterocycles. The van der Waals surface area contributed by atoms with Crippen LogP contribution in [0, 0.1) is 5.82 Å². The van der Waals surface area contributed by atoms with E-state index < -0.39 is 23.6 Å². The molecule has 0 saturated carbocycles. The first-order valence-electron chi connectivity index (χ1n) is 4.58. The number of rotatable bonds is 3. The summed E-state index contributed by atoms with van der Waals surface area (Å²) >= 11 is 0. The predicted octanol–water partition coefficient (Wildman–Crippen LogP) is 3.53. The summed E-state index contributed by atoms with van der Waals surface area (Å²) in [5.41, 5.74) is -0.416. The zero-order chi connectivity index (χ0) is 11.6. The first-order valence-corrected chi connectivity index (χ1v) is 4.58. The van der Waals surface area contributed by atoms with E-state index in [0.717, 1.165) is 13.0 Å². The monoisotopic (exact) mass is 216 g/mol. The molecule has 1 aromatic carbocycles. The van der Waals surface area contributed by atoms with Crippen LogP contribution in [0.1, 0.15) is 41.8 Å². The minimum absolute atomic E-state index is 0.260.